The zero-order chi connectivity index (χ0) is 13.3. The number of hydrogen-bond donors (Lipinski definition) is 3. The fourth-order valence-corrected chi connectivity index (χ4v) is 1.73. The number of nitrogens with two attached hydrogens (primary N) is 1. The zero-order valence-corrected chi connectivity index (χ0v) is 9.90. The average molecular weight is 250 g/mol. The van der Waals surface area contributed by atoms with Gasteiger partial charge in [0.15, 0.2) is 6.61 Å². The third-order valence-electron chi connectivity index (χ3n) is 2.74. The van der Waals surface area contributed by atoms with E-state index in [1.165, 1.54) is 6.92 Å². The topological polar surface area (TPSA) is 102 Å². The second-order valence-corrected chi connectivity index (χ2v) is 4.57. The van der Waals surface area contributed by atoms with E-state index in [9.17, 15) is 9.59 Å². The Labute approximate surface area is 104 Å². The number of carboxylic acid groups (broad SMARTS) is 1. The molecule has 1 aliphatic heterocycles. The molecule has 1 aromatic rings. The average Bonchev–Trinajstić information content (AvgIpc) is 2.28. The van der Waals surface area contributed by atoms with Crippen LogP contribution < -0.4 is 15.8 Å². The molecule has 6 nitrogen and oxygen atoms in total. The Hall–Kier alpha value is -2.08. The Morgan fingerprint density at radius 3 is 3.00 bits per heavy atom. The van der Waals surface area contributed by atoms with E-state index in [1.54, 1.807) is 18.2 Å². The van der Waals surface area contributed by atoms with Gasteiger partial charge in [-0.1, -0.05) is 6.07 Å². The quantitative estimate of drug-likeness (QED) is 0.719. The summed E-state index contributed by atoms with van der Waals surface area (Å²) in [6, 6.07) is 5.10. The van der Waals surface area contributed by atoms with Crippen LogP contribution >= 0.6 is 0 Å². The third kappa shape index (κ3) is 2.43. The van der Waals surface area contributed by atoms with Crippen molar-refractivity contribution < 1.29 is 19.4 Å². The van der Waals surface area contributed by atoms with Crippen molar-refractivity contribution in [1.82, 2.24) is 0 Å². The van der Waals surface area contributed by atoms with E-state index in [2.05, 4.69) is 5.32 Å². The highest BCUT2D eigenvalue weighted by Gasteiger charge is 2.28. The number of carbonyl (C=O) groups excluding carboxylic acids is 1. The predicted octanol–water partition coefficient (Wildman–Crippen LogP) is 0.362. The molecular weight excluding hydrogens is 236 g/mol. The Morgan fingerprint density at radius 2 is 2.33 bits per heavy atom. The van der Waals surface area contributed by atoms with E-state index in [-0.39, 0.29) is 18.9 Å². The summed E-state index contributed by atoms with van der Waals surface area (Å²) < 4.78 is 5.25. The van der Waals surface area contributed by atoms with E-state index in [0.29, 0.717) is 11.4 Å². The molecule has 0 unspecified atom stereocenters. The van der Waals surface area contributed by atoms with Gasteiger partial charge < -0.3 is 20.9 Å². The maximum Gasteiger partial charge on any atom is 0.323 e. The van der Waals surface area contributed by atoms with Crippen molar-refractivity contribution in [3.05, 3.63) is 23.8 Å². The molecule has 0 bridgehead atoms. The Morgan fingerprint density at radius 1 is 1.61 bits per heavy atom. The molecule has 1 heterocycles. The first-order valence-corrected chi connectivity index (χ1v) is 5.46. The van der Waals surface area contributed by atoms with Crippen LogP contribution in [0.2, 0.25) is 0 Å². The summed E-state index contributed by atoms with van der Waals surface area (Å²) >= 11 is 0. The molecule has 0 saturated carbocycles. The van der Waals surface area contributed by atoms with Gasteiger partial charge in [0.25, 0.3) is 5.91 Å². The van der Waals surface area contributed by atoms with Crippen molar-refractivity contribution in [2.75, 3.05) is 11.9 Å². The van der Waals surface area contributed by atoms with Crippen molar-refractivity contribution in [3.63, 3.8) is 0 Å². The predicted molar refractivity (Wildman–Crippen MR) is 64.5 cm³/mol. The highest BCUT2D eigenvalue weighted by Crippen LogP contribution is 2.29. The molecule has 0 spiro atoms. The minimum absolute atomic E-state index is 0.0325. The van der Waals surface area contributed by atoms with Crippen molar-refractivity contribution in [1.29, 1.82) is 0 Å². The van der Waals surface area contributed by atoms with E-state index < -0.39 is 11.5 Å². The first kappa shape index (κ1) is 12.4. The molecular formula is C12H14N2O4. The largest absolute Gasteiger partial charge is 0.482 e. The molecule has 1 atom stereocenters. The van der Waals surface area contributed by atoms with E-state index in [1.807, 2.05) is 0 Å². The molecule has 0 radical (unpaired) electrons. The van der Waals surface area contributed by atoms with Crippen molar-refractivity contribution in [2.24, 2.45) is 5.73 Å². The number of hydrogen-bond acceptors (Lipinski definition) is 4. The number of amides is 1. The smallest absolute Gasteiger partial charge is 0.323 e. The number of benzene rings is 1. The number of fused-ring (bicyclic) bond motifs is 1. The van der Waals surface area contributed by atoms with Crippen LogP contribution in [0.25, 0.3) is 0 Å². The number of anilines is 1. The lowest BCUT2D eigenvalue weighted by molar-refractivity contribution is -0.142. The summed E-state index contributed by atoms with van der Waals surface area (Å²) in [5, 5.41) is 11.6. The minimum atomic E-state index is -1.33. The van der Waals surface area contributed by atoms with E-state index in [4.69, 9.17) is 15.6 Å². The van der Waals surface area contributed by atoms with Gasteiger partial charge in [-0.2, -0.15) is 0 Å². The lowest BCUT2D eigenvalue weighted by Gasteiger charge is -2.22. The molecule has 0 aromatic heterocycles. The first-order chi connectivity index (χ1) is 8.38. The van der Waals surface area contributed by atoms with Crippen LogP contribution in [0.4, 0.5) is 5.69 Å². The number of aliphatic carboxylic acids is 1. The van der Waals surface area contributed by atoms with Gasteiger partial charge in [0.05, 0.1) is 5.69 Å². The third-order valence-corrected chi connectivity index (χ3v) is 2.74. The second kappa shape index (κ2) is 4.30. The summed E-state index contributed by atoms with van der Waals surface area (Å²) in [4.78, 5) is 22.0. The summed E-state index contributed by atoms with van der Waals surface area (Å²) in [5.41, 5.74) is 5.69. The van der Waals surface area contributed by atoms with Crippen molar-refractivity contribution >= 4 is 17.6 Å². The van der Waals surface area contributed by atoms with Gasteiger partial charge in [-0.3, -0.25) is 9.59 Å². The lowest BCUT2D eigenvalue weighted by Crippen LogP contribution is -2.46. The molecule has 6 heteroatoms. The number of carbonyl (C=O) groups is 2. The van der Waals surface area contributed by atoms with Gasteiger partial charge in [-0.15, -0.1) is 0 Å². The summed E-state index contributed by atoms with van der Waals surface area (Å²) in [6.07, 6.45) is 0.187. The maximum atomic E-state index is 11.1. The highest BCUT2D eigenvalue weighted by molar-refractivity contribution is 5.95. The summed E-state index contributed by atoms with van der Waals surface area (Å²) in [5.74, 6) is -0.729. The molecule has 1 aromatic carbocycles. The fraction of sp³-hybridized carbons (Fsp3) is 0.333. The lowest BCUT2D eigenvalue weighted by atomic mass is 9.94. The molecule has 0 fully saturated rings. The van der Waals surface area contributed by atoms with Gasteiger partial charge in [0, 0.05) is 6.42 Å². The van der Waals surface area contributed by atoms with Crippen LogP contribution in [-0.2, 0) is 16.0 Å². The van der Waals surface area contributed by atoms with Gasteiger partial charge in [-0.05, 0) is 24.6 Å². The van der Waals surface area contributed by atoms with Gasteiger partial charge in [0.2, 0.25) is 0 Å². The van der Waals surface area contributed by atoms with Crippen LogP contribution in [0.5, 0.6) is 5.75 Å². The van der Waals surface area contributed by atoms with Crippen LogP contribution in [-0.4, -0.2) is 29.1 Å². The summed E-state index contributed by atoms with van der Waals surface area (Å²) in [7, 11) is 0. The van der Waals surface area contributed by atoms with Crippen LogP contribution in [0.3, 0.4) is 0 Å². The second-order valence-electron chi connectivity index (χ2n) is 4.57. The number of ether oxygens (including phenoxy) is 1. The Kier molecular flexibility index (Phi) is 2.96. The van der Waals surface area contributed by atoms with E-state index in [0.717, 1.165) is 5.56 Å². The fourth-order valence-electron chi connectivity index (χ4n) is 1.73. The molecule has 0 saturated heterocycles. The molecule has 4 N–H and O–H groups in total. The highest BCUT2D eigenvalue weighted by atomic mass is 16.5. The molecule has 1 aliphatic rings. The van der Waals surface area contributed by atoms with Gasteiger partial charge in [-0.25, -0.2) is 0 Å². The molecule has 0 aliphatic carbocycles. The first-order valence-electron chi connectivity index (χ1n) is 5.46. The number of carboxylic acids is 1. The zero-order valence-electron chi connectivity index (χ0n) is 9.90. The van der Waals surface area contributed by atoms with Crippen LogP contribution in [0.1, 0.15) is 12.5 Å². The van der Waals surface area contributed by atoms with E-state index >= 15 is 0 Å². The Bertz CT molecular complexity index is 511. The van der Waals surface area contributed by atoms with Gasteiger partial charge >= 0.3 is 5.97 Å². The van der Waals surface area contributed by atoms with Gasteiger partial charge in [0.1, 0.15) is 11.3 Å². The SMILES string of the molecule is C[C@](N)(Cc1ccc2c(c1)OCC(=O)N2)C(=O)O. The summed E-state index contributed by atoms with van der Waals surface area (Å²) in [6.45, 7) is 1.42. The van der Waals surface area contributed by atoms with Crippen LogP contribution in [0, 0.1) is 0 Å². The molecule has 2 rings (SSSR count). The molecule has 18 heavy (non-hydrogen) atoms. The Balaban J connectivity index is 2.22. The van der Waals surface area contributed by atoms with Crippen LogP contribution in [0.15, 0.2) is 18.2 Å². The minimum Gasteiger partial charge on any atom is -0.482 e. The monoisotopic (exact) mass is 250 g/mol. The number of rotatable bonds is 3. The normalized spacial score (nSPS) is 17.1. The van der Waals surface area contributed by atoms with Crippen molar-refractivity contribution in [2.45, 2.75) is 18.9 Å². The maximum absolute atomic E-state index is 11.1. The number of nitrogens with one attached hydrogen (secondary N) is 1. The van der Waals surface area contributed by atoms with Crippen molar-refractivity contribution in [3.8, 4) is 5.75 Å². The molecule has 96 valence electrons. The molecule has 1 amide bonds. The standard InChI is InChI=1S/C12H14N2O4/c1-12(13,11(16)17)5-7-2-3-8-9(4-7)18-6-10(15)14-8/h2-4H,5-6,13H2,1H3,(H,14,15)(H,16,17)/t12-/m0/s1.